The van der Waals surface area contributed by atoms with E-state index in [1.54, 1.807) is 0 Å². The standard InChI is InChI=1S/C12H26BrP/c1-3-5-10-14(11-6-4-2)12-8-7-9-13/h3-12H2,1-2H3. The first-order chi connectivity index (χ1) is 6.85. The molecule has 0 nitrogen and oxygen atoms in total. The second kappa shape index (κ2) is 12.0. The summed E-state index contributed by atoms with van der Waals surface area (Å²) in [5, 5.41) is 1.19. The summed E-state index contributed by atoms with van der Waals surface area (Å²) in [5.41, 5.74) is 0. The van der Waals surface area contributed by atoms with Crippen molar-refractivity contribution in [2.24, 2.45) is 0 Å². The molecule has 0 aliphatic heterocycles. The minimum absolute atomic E-state index is 0.395. The molecule has 14 heavy (non-hydrogen) atoms. The third-order valence-electron chi connectivity index (χ3n) is 2.51. The maximum Gasteiger partial charge on any atom is 0.00314 e. The summed E-state index contributed by atoms with van der Waals surface area (Å²) in [6.07, 6.45) is 13.1. The molecule has 0 radical (unpaired) electrons. The van der Waals surface area contributed by atoms with Crippen molar-refractivity contribution in [3.8, 4) is 0 Å². The Morgan fingerprint density at radius 3 is 1.71 bits per heavy atom. The number of halogens is 1. The number of rotatable bonds is 10. The van der Waals surface area contributed by atoms with E-state index in [2.05, 4.69) is 29.8 Å². The molecule has 0 aliphatic carbocycles. The average Bonchev–Trinajstić information content (AvgIpc) is 2.21. The van der Waals surface area contributed by atoms with Crippen LogP contribution in [0.2, 0.25) is 0 Å². The van der Waals surface area contributed by atoms with Crippen LogP contribution in [0.15, 0.2) is 0 Å². The molecule has 0 aromatic carbocycles. The van der Waals surface area contributed by atoms with Crippen LogP contribution < -0.4 is 0 Å². The first-order valence-electron chi connectivity index (χ1n) is 6.13. The van der Waals surface area contributed by atoms with Crippen LogP contribution in [0.1, 0.15) is 52.4 Å². The van der Waals surface area contributed by atoms with Gasteiger partial charge in [0.15, 0.2) is 0 Å². The third kappa shape index (κ3) is 9.46. The Morgan fingerprint density at radius 1 is 0.786 bits per heavy atom. The molecule has 0 aliphatic rings. The van der Waals surface area contributed by atoms with Gasteiger partial charge in [0.2, 0.25) is 0 Å². The van der Waals surface area contributed by atoms with Gasteiger partial charge in [0.05, 0.1) is 0 Å². The molecule has 0 bridgehead atoms. The van der Waals surface area contributed by atoms with Crippen LogP contribution in [0, 0.1) is 0 Å². The van der Waals surface area contributed by atoms with E-state index in [1.165, 1.54) is 62.3 Å². The molecule has 0 spiro atoms. The van der Waals surface area contributed by atoms with E-state index in [-0.39, 0.29) is 0 Å². The maximum atomic E-state index is 3.51. The molecule has 0 rings (SSSR count). The highest BCUT2D eigenvalue weighted by Gasteiger charge is 2.05. The van der Waals surface area contributed by atoms with Gasteiger partial charge in [0, 0.05) is 5.33 Å². The molecule has 0 heterocycles. The van der Waals surface area contributed by atoms with Crippen molar-refractivity contribution in [3.05, 3.63) is 0 Å². The predicted molar refractivity (Wildman–Crippen MR) is 74.4 cm³/mol. The molecule has 0 N–H and O–H groups in total. The van der Waals surface area contributed by atoms with E-state index >= 15 is 0 Å². The Kier molecular flexibility index (Phi) is 12.8. The molecule has 0 saturated carbocycles. The largest absolute Gasteiger partial charge is 0.107 e. The summed E-state index contributed by atoms with van der Waals surface area (Å²) in [7, 11) is 0.395. The average molecular weight is 281 g/mol. The normalized spacial score (nSPS) is 11.1. The van der Waals surface area contributed by atoms with E-state index in [4.69, 9.17) is 0 Å². The van der Waals surface area contributed by atoms with Crippen LogP contribution >= 0.6 is 23.9 Å². The summed E-state index contributed by atoms with van der Waals surface area (Å²) < 4.78 is 0. The second-order valence-electron chi connectivity index (χ2n) is 3.94. The minimum Gasteiger partial charge on any atom is -0.107 e. The second-order valence-corrected chi connectivity index (χ2v) is 7.42. The molecule has 0 atom stereocenters. The van der Waals surface area contributed by atoms with Gasteiger partial charge in [-0.3, -0.25) is 0 Å². The number of alkyl halides is 1. The van der Waals surface area contributed by atoms with E-state index in [9.17, 15) is 0 Å². The lowest BCUT2D eigenvalue weighted by Crippen LogP contribution is -1.96. The highest BCUT2D eigenvalue weighted by molar-refractivity contribution is 9.09. The number of hydrogen-bond acceptors (Lipinski definition) is 0. The lowest BCUT2D eigenvalue weighted by Gasteiger charge is -2.16. The highest BCUT2D eigenvalue weighted by atomic mass is 79.9. The molecular weight excluding hydrogens is 255 g/mol. The molecule has 0 aromatic rings. The van der Waals surface area contributed by atoms with Crippen molar-refractivity contribution < 1.29 is 0 Å². The summed E-state index contributed by atoms with van der Waals surface area (Å²) >= 11 is 3.51. The smallest absolute Gasteiger partial charge is 0.00314 e. The fourth-order valence-corrected chi connectivity index (χ4v) is 4.79. The first kappa shape index (κ1) is 14.9. The van der Waals surface area contributed by atoms with Crippen LogP contribution in [-0.2, 0) is 0 Å². The zero-order valence-electron chi connectivity index (χ0n) is 9.90. The summed E-state index contributed by atoms with van der Waals surface area (Å²) in [6.45, 7) is 4.62. The van der Waals surface area contributed by atoms with Gasteiger partial charge in [-0.15, -0.1) is 7.92 Å². The van der Waals surface area contributed by atoms with Crippen LogP contribution in [0.5, 0.6) is 0 Å². The Balaban J connectivity index is 3.49. The molecule has 0 fully saturated rings. The fourth-order valence-electron chi connectivity index (χ4n) is 1.53. The summed E-state index contributed by atoms with van der Waals surface area (Å²) in [4.78, 5) is 0. The quantitative estimate of drug-likeness (QED) is 0.292. The van der Waals surface area contributed by atoms with Gasteiger partial charge in [-0.2, -0.15) is 0 Å². The van der Waals surface area contributed by atoms with E-state index in [0.717, 1.165) is 0 Å². The zero-order chi connectivity index (χ0) is 10.6. The molecule has 2 heteroatoms. The van der Waals surface area contributed by atoms with Gasteiger partial charge >= 0.3 is 0 Å². The lowest BCUT2D eigenvalue weighted by molar-refractivity contribution is 0.851. The van der Waals surface area contributed by atoms with Gasteiger partial charge in [-0.25, -0.2) is 0 Å². The van der Waals surface area contributed by atoms with Crippen molar-refractivity contribution >= 4 is 23.9 Å². The zero-order valence-corrected chi connectivity index (χ0v) is 12.4. The predicted octanol–water partition coefficient (Wildman–Crippen LogP) is 5.24. The number of hydrogen-bond donors (Lipinski definition) is 0. The molecular formula is C12H26BrP. The lowest BCUT2D eigenvalue weighted by atomic mass is 10.4. The van der Waals surface area contributed by atoms with Crippen LogP contribution in [0.25, 0.3) is 0 Å². The van der Waals surface area contributed by atoms with Crippen LogP contribution in [0.3, 0.4) is 0 Å². The Labute approximate surface area is 100 Å². The van der Waals surface area contributed by atoms with Crippen molar-refractivity contribution in [1.29, 1.82) is 0 Å². The van der Waals surface area contributed by atoms with Crippen LogP contribution in [0.4, 0.5) is 0 Å². The first-order valence-corrected chi connectivity index (χ1v) is 9.15. The topological polar surface area (TPSA) is 0 Å². The summed E-state index contributed by atoms with van der Waals surface area (Å²) in [5.74, 6) is 0. The maximum absolute atomic E-state index is 3.51. The minimum atomic E-state index is 0.395. The monoisotopic (exact) mass is 280 g/mol. The van der Waals surface area contributed by atoms with Gasteiger partial charge in [-0.05, 0) is 44.2 Å². The van der Waals surface area contributed by atoms with Gasteiger partial charge in [-0.1, -0.05) is 42.6 Å². The van der Waals surface area contributed by atoms with E-state index < -0.39 is 0 Å². The summed E-state index contributed by atoms with van der Waals surface area (Å²) in [6, 6.07) is 0. The Hall–Kier alpha value is 0.910. The third-order valence-corrected chi connectivity index (χ3v) is 5.92. The molecule has 0 saturated heterocycles. The van der Waals surface area contributed by atoms with Crippen molar-refractivity contribution in [1.82, 2.24) is 0 Å². The van der Waals surface area contributed by atoms with Gasteiger partial charge < -0.3 is 0 Å². The number of unbranched alkanes of at least 4 members (excludes halogenated alkanes) is 3. The van der Waals surface area contributed by atoms with Crippen molar-refractivity contribution in [2.75, 3.05) is 23.8 Å². The molecule has 86 valence electrons. The van der Waals surface area contributed by atoms with Crippen molar-refractivity contribution in [3.63, 3.8) is 0 Å². The van der Waals surface area contributed by atoms with Gasteiger partial charge in [0.25, 0.3) is 0 Å². The molecule has 0 aromatic heterocycles. The Bertz CT molecular complexity index is 98.5. The van der Waals surface area contributed by atoms with Crippen LogP contribution in [-0.4, -0.2) is 23.8 Å². The van der Waals surface area contributed by atoms with Gasteiger partial charge in [0.1, 0.15) is 0 Å². The highest BCUT2D eigenvalue weighted by Crippen LogP contribution is 2.38. The molecule has 0 unspecified atom stereocenters. The van der Waals surface area contributed by atoms with E-state index in [1.807, 2.05) is 0 Å². The fraction of sp³-hybridized carbons (Fsp3) is 1.00. The van der Waals surface area contributed by atoms with E-state index in [0.29, 0.717) is 7.92 Å². The molecule has 0 amide bonds. The Morgan fingerprint density at radius 2 is 1.29 bits per heavy atom. The van der Waals surface area contributed by atoms with Crippen molar-refractivity contribution in [2.45, 2.75) is 52.4 Å². The SMILES string of the molecule is CCCCP(CCCC)CCCCBr.